The Labute approximate surface area is 185 Å². The third-order valence-electron chi connectivity index (χ3n) is 5.28. The van der Waals surface area contributed by atoms with Gasteiger partial charge in [-0.1, -0.05) is 6.07 Å². The molecule has 3 rings (SSSR count). The number of carbonyl (C=O) groups excluding carboxylic acids is 2. The number of methoxy groups -OCH3 is 2. The van der Waals surface area contributed by atoms with Crippen LogP contribution in [-0.4, -0.2) is 73.5 Å². The average molecular weight is 442 g/mol. The molecule has 1 heterocycles. The second-order valence-electron chi connectivity index (χ2n) is 7.46. The first-order valence-electron chi connectivity index (χ1n) is 10.1. The molecule has 0 atom stereocenters. The molecule has 2 aromatic rings. The van der Waals surface area contributed by atoms with Gasteiger partial charge in [0.05, 0.1) is 25.7 Å². The highest BCUT2D eigenvalue weighted by molar-refractivity contribution is 5.95. The maximum atomic E-state index is 12.8. The quantitative estimate of drug-likeness (QED) is 0.517. The maximum Gasteiger partial charge on any atom is 0.293 e. The maximum absolute atomic E-state index is 12.8. The Balaban J connectivity index is 1.55. The Morgan fingerprint density at radius 2 is 1.72 bits per heavy atom. The SMILES string of the molecule is COc1ccc(C(=O)N2CCN(CC(=O)Nc3ccc(C)cc3[N+](=O)[O-])CC2)cc1OC. The number of rotatable bonds is 7. The number of nitro benzene ring substituents is 1. The van der Waals surface area contributed by atoms with Crippen LogP contribution in [0.5, 0.6) is 11.5 Å². The number of anilines is 1. The molecule has 10 heteroatoms. The van der Waals surface area contributed by atoms with Crippen molar-refractivity contribution >= 4 is 23.2 Å². The van der Waals surface area contributed by atoms with Gasteiger partial charge in [0.15, 0.2) is 11.5 Å². The van der Waals surface area contributed by atoms with Crippen LogP contribution in [0.15, 0.2) is 36.4 Å². The lowest BCUT2D eigenvalue weighted by Crippen LogP contribution is -2.50. The van der Waals surface area contributed by atoms with Gasteiger partial charge >= 0.3 is 0 Å². The fourth-order valence-electron chi connectivity index (χ4n) is 3.55. The van der Waals surface area contributed by atoms with E-state index in [4.69, 9.17) is 9.47 Å². The van der Waals surface area contributed by atoms with Crippen LogP contribution in [0.25, 0.3) is 0 Å². The average Bonchev–Trinajstić information content (AvgIpc) is 2.79. The molecular formula is C22H26N4O6. The number of piperazine rings is 1. The van der Waals surface area contributed by atoms with E-state index in [1.54, 1.807) is 36.1 Å². The Morgan fingerprint density at radius 3 is 2.34 bits per heavy atom. The molecule has 32 heavy (non-hydrogen) atoms. The van der Waals surface area contributed by atoms with Crippen LogP contribution in [0.3, 0.4) is 0 Å². The number of aryl methyl sites for hydroxylation is 1. The molecule has 1 aliphatic heterocycles. The van der Waals surface area contributed by atoms with E-state index >= 15 is 0 Å². The van der Waals surface area contributed by atoms with Gasteiger partial charge in [0.2, 0.25) is 5.91 Å². The highest BCUT2D eigenvalue weighted by Crippen LogP contribution is 2.28. The largest absolute Gasteiger partial charge is 0.493 e. The molecule has 0 radical (unpaired) electrons. The summed E-state index contributed by atoms with van der Waals surface area (Å²) in [5.74, 6) is 0.578. The van der Waals surface area contributed by atoms with Crippen molar-refractivity contribution in [2.24, 2.45) is 0 Å². The zero-order chi connectivity index (χ0) is 23.3. The minimum atomic E-state index is -0.513. The molecular weight excluding hydrogens is 416 g/mol. The highest BCUT2D eigenvalue weighted by atomic mass is 16.6. The van der Waals surface area contributed by atoms with Gasteiger partial charge < -0.3 is 19.7 Å². The summed E-state index contributed by atoms with van der Waals surface area (Å²) >= 11 is 0. The van der Waals surface area contributed by atoms with E-state index in [2.05, 4.69) is 5.32 Å². The van der Waals surface area contributed by atoms with E-state index in [0.29, 0.717) is 43.2 Å². The lowest BCUT2D eigenvalue weighted by molar-refractivity contribution is -0.384. The number of nitro groups is 1. The van der Waals surface area contributed by atoms with Gasteiger partial charge in [-0.25, -0.2) is 0 Å². The Morgan fingerprint density at radius 1 is 1.03 bits per heavy atom. The lowest BCUT2D eigenvalue weighted by Gasteiger charge is -2.34. The molecule has 170 valence electrons. The zero-order valence-electron chi connectivity index (χ0n) is 18.3. The van der Waals surface area contributed by atoms with Crippen LogP contribution in [0.1, 0.15) is 15.9 Å². The molecule has 0 aromatic heterocycles. The third-order valence-corrected chi connectivity index (χ3v) is 5.28. The highest BCUT2D eigenvalue weighted by Gasteiger charge is 2.25. The van der Waals surface area contributed by atoms with Crippen molar-refractivity contribution in [2.75, 3.05) is 52.3 Å². The van der Waals surface area contributed by atoms with Gasteiger partial charge in [-0.15, -0.1) is 0 Å². The molecule has 1 fully saturated rings. The second kappa shape index (κ2) is 10.1. The predicted octanol–water partition coefficient (Wildman–Crippen LogP) is 2.32. The van der Waals surface area contributed by atoms with Crippen LogP contribution in [0.4, 0.5) is 11.4 Å². The summed E-state index contributed by atoms with van der Waals surface area (Å²) in [4.78, 5) is 39.6. The first-order valence-corrected chi connectivity index (χ1v) is 10.1. The number of carbonyl (C=O) groups is 2. The van der Waals surface area contributed by atoms with Crippen LogP contribution in [-0.2, 0) is 4.79 Å². The van der Waals surface area contributed by atoms with Gasteiger partial charge in [-0.05, 0) is 36.8 Å². The molecule has 0 bridgehead atoms. The van der Waals surface area contributed by atoms with Crippen LogP contribution < -0.4 is 14.8 Å². The molecule has 1 N–H and O–H groups in total. The lowest BCUT2D eigenvalue weighted by atomic mass is 10.1. The summed E-state index contributed by atoms with van der Waals surface area (Å²) in [5.41, 5.74) is 1.28. The van der Waals surface area contributed by atoms with Crippen molar-refractivity contribution < 1.29 is 24.0 Å². The summed E-state index contributed by atoms with van der Waals surface area (Å²) in [6.07, 6.45) is 0. The first kappa shape index (κ1) is 23.0. The fraction of sp³-hybridized carbons (Fsp3) is 0.364. The number of hydrogen-bond donors (Lipinski definition) is 1. The van der Waals surface area contributed by atoms with Crippen LogP contribution >= 0.6 is 0 Å². The zero-order valence-corrected chi connectivity index (χ0v) is 18.3. The number of ether oxygens (including phenoxy) is 2. The van der Waals surface area contributed by atoms with Crippen molar-refractivity contribution in [3.63, 3.8) is 0 Å². The number of benzene rings is 2. The summed E-state index contributed by atoms with van der Waals surface area (Å²) in [6, 6.07) is 9.70. The minimum Gasteiger partial charge on any atom is -0.493 e. The molecule has 0 unspecified atom stereocenters. The molecule has 0 spiro atoms. The molecule has 2 amide bonds. The topological polar surface area (TPSA) is 114 Å². The molecule has 2 aromatic carbocycles. The Kier molecular flexibility index (Phi) is 7.26. The first-order chi connectivity index (χ1) is 15.3. The van der Waals surface area contributed by atoms with Gasteiger partial charge in [0.1, 0.15) is 5.69 Å². The Hall–Kier alpha value is -3.66. The minimum absolute atomic E-state index is 0.0867. The molecule has 1 aliphatic rings. The van der Waals surface area contributed by atoms with Crippen molar-refractivity contribution in [1.82, 2.24) is 9.80 Å². The van der Waals surface area contributed by atoms with Gasteiger partial charge in [0.25, 0.3) is 11.6 Å². The normalized spacial score (nSPS) is 14.0. The fourth-order valence-corrected chi connectivity index (χ4v) is 3.55. The smallest absolute Gasteiger partial charge is 0.293 e. The molecule has 1 saturated heterocycles. The second-order valence-corrected chi connectivity index (χ2v) is 7.46. The Bertz CT molecular complexity index is 1020. The summed E-state index contributed by atoms with van der Waals surface area (Å²) in [5, 5.41) is 13.9. The van der Waals surface area contributed by atoms with Crippen molar-refractivity contribution in [3.8, 4) is 11.5 Å². The standard InChI is InChI=1S/C22H26N4O6/c1-15-4-6-17(18(12-15)26(29)30)23-21(27)14-24-8-10-25(11-9-24)22(28)16-5-7-19(31-2)20(13-16)32-3/h4-7,12-13H,8-11,14H2,1-3H3,(H,23,27). The summed E-state index contributed by atoms with van der Waals surface area (Å²) in [7, 11) is 3.05. The van der Waals surface area contributed by atoms with Crippen molar-refractivity contribution in [3.05, 3.63) is 57.6 Å². The van der Waals surface area contributed by atoms with Crippen LogP contribution in [0.2, 0.25) is 0 Å². The molecule has 0 aliphatic carbocycles. The van der Waals surface area contributed by atoms with Gasteiger partial charge in [0, 0.05) is 37.8 Å². The summed E-state index contributed by atoms with van der Waals surface area (Å²) < 4.78 is 10.5. The van der Waals surface area contributed by atoms with Gasteiger partial charge in [-0.3, -0.25) is 24.6 Å². The van der Waals surface area contributed by atoms with E-state index in [1.807, 2.05) is 4.90 Å². The van der Waals surface area contributed by atoms with E-state index < -0.39 is 4.92 Å². The van der Waals surface area contributed by atoms with E-state index in [1.165, 1.54) is 26.4 Å². The van der Waals surface area contributed by atoms with Crippen molar-refractivity contribution in [1.29, 1.82) is 0 Å². The third kappa shape index (κ3) is 5.33. The van der Waals surface area contributed by atoms with Crippen LogP contribution in [0, 0.1) is 17.0 Å². The van der Waals surface area contributed by atoms with Crippen molar-refractivity contribution in [2.45, 2.75) is 6.92 Å². The number of hydrogen-bond acceptors (Lipinski definition) is 7. The molecule has 10 nitrogen and oxygen atoms in total. The van der Waals surface area contributed by atoms with Gasteiger partial charge in [-0.2, -0.15) is 0 Å². The predicted molar refractivity (Wildman–Crippen MR) is 118 cm³/mol. The van der Waals surface area contributed by atoms with E-state index in [0.717, 1.165) is 5.56 Å². The van der Waals surface area contributed by atoms with E-state index in [9.17, 15) is 19.7 Å². The monoisotopic (exact) mass is 442 g/mol. The number of amides is 2. The summed E-state index contributed by atoms with van der Waals surface area (Å²) in [6.45, 7) is 3.80. The molecule has 0 saturated carbocycles. The number of nitrogens with one attached hydrogen (secondary N) is 1. The van der Waals surface area contributed by atoms with E-state index in [-0.39, 0.29) is 29.7 Å². The number of nitrogens with zero attached hydrogens (tertiary/aromatic N) is 3.